The highest BCUT2D eigenvalue weighted by Crippen LogP contribution is 2.31. The van der Waals surface area contributed by atoms with Crippen LogP contribution in [0.1, 0.15) is 0 Å². The van der Waals surface area contributed by atoms with Crippen LogP contribution in [0, 0.1) is 4.51 Å². The van der Waals surface area contributed by atoms with Crippen molar-refractivity contribution in [1.29, 1.82) is 0 Å². The SMILES string of the molecule is OCCN(CCO)c1cc(=S)c2occ(Br)c2o1. The first-order chi connectivity index (χ1) is 8.67. The van der Waals surface area contributed by atoms with Crippen molar-refractivity contribution in [2.75, 3.05) is 31.2 Å². The average Bonchev–Trinajstić information content (AvgIpc) is 2.72. The van der Waals surface area contributed by atoms with Crippen molar-refractivity contribution >= 4 is 45.2 Å². The summed E-state index contributed by atoms with van der Waals surface area (Å²) in [5.74, 6) is 0.498. The molecule has 2 aromatic heterocycles. The number of hydrogen-bond donors (Lipinski definition) is 2. The Kier molecular flexibility index (Phi) is 4.39. The molecule has 2 aromatic rings. The number of hydrogen-bond acceptors (Lipinski definition) is 6. The van der Waals surface area contributed by atoms with E-state index < -0.39 is 0 Å². The number of nitrogens with zero attached hydrogens (tertiary/aromatic N) is 1. The molecule has 98 valence electrons. The predicted molar refractivity (Wildman–Crippen MR) is 73.4 cm³/mol. The molecule has 0 unspecified atom stereocenters. The molecule has 0 aliphatic rings. The molecule has 2 heterocycles. The summed E-state index contributed by atoms with van der Waals surface area (Å²) in [5, 5.41) is 18.0. The summed E-state index contributed by atoms with van der Waals surface area (Å²) < 4.78 is 12.2. The Morgan fingerprint density at radius 1 is 1.22 bits per heavy atom. The second-order valence-electron chi connectivity index (χ2n) is 3.63. The lowest BCUT2D eigenvalue weighted by Gasteiger charge is -2.20. The number of fused-ring (bicyclic) bond motifs is 1. The molecule has 0 fully saturated rings. The van der Waals surface area contributed by atoms with Gasteiger partial charge in [-0.3, -0.25) is 0 Å². The van der Waals surface area contributed by atoms with Gasteiger partial charge in [-0.15, -0.1) is 0 Å². The number of aliphatic hydroxyl groups excluding tert-OH is 2. The summed E-state index contributed by atoms with van der Waals surface area (Å²) in [6.45, 7) is 0.652. The molecule has 0 atom stereocenters. The van der Waals surface area contributed by atoms with Gasteiger partial charge in [-0.25, -0.2) is 0 Å². The minimum Gasteiger partial charge on any atom is -0.458 e. The van der Waals surface area contributed by atoms with Crippen LogP contribution in [0.2, 0.25) is 0 Å². The van der Waals surface area contributed by atoms with E-state index in [0.717, 1.165) is 0 Å². The number of halogens is 1. The minimum absolute atomic E-state index is 0.0348. The van der Waals surface area contributed by atoms with Crippen LogP contribution in [0.25, 0.3) is 11.2 Å². The second kappa shape index (κ2) is 5.83. The smallest absolute Gasteiger partial charge is 0.198 e. The third-order valence-corrected chi connectivity index (χ3v) is 3.29. The highest BCUT2D eigenvalue weighted by Gasteiger charge is 2.14. The van der Waals surface area contributed by atoms with Crippen LogP contribution in [0.15, 0.2) is 25.6 Å². The van der Waals surface area contributed by atoms with Gasteiger partial charge in [0.15, 0.2) is 17.1 Å². The topological polar surface area (TPSA) is 70.0 Å². The van der Waals surface area contributed by atoms with E-state index in [2.05, 4.69) is 15.9 Å². The molecule has 5 nitrogen and oxygen atoms in total. The quantitative estimate of drug-likeness (QED) is 0.818. The van der Waals surface area contributed by atoms with Gasteiger partial charge in [-0.1, -0.05) is 12.2 Å². The maximum atomic E-state index is 9.00. The van der Waals surface area contributed by atoms with Gasteiger partial charge in [0.2, 0.25) is 0 Å². The summed E-state index contributed by atoms with van der Waals surface area (Å²) in [5.41, 5.74) is 1.03. The van der Waals surface area contributed by atoms with Gasteiger partial charge in [0.25, 0.3) is 0 Å². The molecule has 0 saturated heterocycles. The molecular weight excluding hydrogens is 322 g/mol. The number of rotatable bonds is 5. The predicted octanol–water partition coefficient (Wildman–Crippen LogP) is 2.31. The molecule has 0 aliphatic heterocycles. The lowest BCUT2D eigenvalue weighted by Crippen LogP contribution is -2.29. The lowest BCUT2D eigenvalue weighted by molar-refractivity contribution is 0.277. The van der Waals surface area contributed by atoms with E-state index in [0.29, 0.717) is 39.1 Å². The van der Waals surface area contributed by atoms with Crippen molar-refractivity contribution in [2.45, 2.75) is 0 Å². The van der Waals surface area contributed by atoms with Crippen LogP contribution >= 0.6 is 28.1 Å². The molecule has 0 bridgehead atoms. The van der Waals surface area contributed by atoms with E-state index in [1.165, 1.54) is 6.26 Å². The summed E-state index contributed by atoms with van der Waals surface area (Å²) in [6, 6.07) is 1.65. The van der Waals surface area contributed by atoms with Crippen molar-refractivity contribution in [3.05, 3.63) is 21.3 Å². The van der Waals surface area contributed by atoms with Gasteiger partial charge < -0.3 is 23.9 Å². The highest BCUT2D eigenvalue weighted by molar-refractivity contribution is 9.10. The molecule has 0 radical (unpaired) electrons. The van der Waals surface area contributed by atoms with Crippen LogP contribution in [0.3, 0.4) is 0 Å². The van der Waals surface area contributed by atoms with Crippen LogP contribution < -0.4 is 4.90 Å². The average molecular weight is 334 g/mol. The fourth-order valence-corrected chi connectivity index (χ4v) is 2.23. The van der Waals surface area contributed by atoms with E-state index in [9.17, 15) is 0 Å². The first-order valence-electron chi connectivity index (χ1n) is 5.35. The second-order valence-corrected chi connectivity index (χ2v) is 4.92. The third kappa shape index (κ3) is 2.59. The van der Waals surface area contributed by atoms with Crippen molar-refractivity contribution in [3.8, 4) is 0 Å². The fraction of sp³-hybridized carbons (Fsp3) is 0.364. The monoisotopic (exact) mass is 333 g/mol. The van der Waals surface area contributed by atoms with Crippen molar-refractivity contribution in [2.24, 2.45) is 0 Å². The Bertz CT molecular complexity index is 588. The molecule has 0 spiro atoms. The zero-order valence-electron chi connectivity index (χ0n) is 9.43. The van der Waals surface area contributed by atoms with Crippen LogP contribution in [-0.2, 0) is 0 Å². The molecule has 7 heteroatoms. The van der Waals surface area contributed by atoms with E-state index >= 15 is 0 Å². The van der Waals surface area contributed by atoms with Crippen LogP contribution in [0.5, 0.6) is 0 Å². The highest BCUT2D eigenvalue weighted by atomic mass is 79.9. The van der Waals surface area contributed by atoms with Gasteiger partial charge >= 0.3 is 0 Å². The van der Waals surface area contributed by atoms with E-state index in [-0.39, 0.29) is 13.2 Å². The first kappa shape index (κ1) is 13.5. The normalized spacial score (nSPS) is 11.1. The summed E-state index contributed by atoms with van der Waals surface area (Å²) >= 11 is 8.53. The van der Waals surface area contributed by atoms with E-state index in [1.807, 2.05) is 0 Å². The van der Waals surface area contributed by atoms with Gasteiger partial charge in [-0.2, -0.15) is 0 Å². The molecule has 2 N–H and O–H groups in total. The van der Waals surface area contributed by atoms with Crippen LogP contribution in [-0.4, -0.2) is 36.5 Å². The Morgan fingerprint density at radius 2 is 1.89 bits per heavy atom. The Balaban J connectivity index is 2.49. The maximum Gasteiger partial charge on any atom is 0.198 e. The zero-order valence-corrected chi connectivity index (χ0v) is 11.8. The van der Waals surface area contributed by atoms with Gasteiger partial charge in [0.1, 0.15) is 6.26 Å². The van der Waals surface area contributed by atoms with Crippen molar-refractivity contribution in [1.82, 2.24) is 0 Å². The van der Waals surface area contributed by atoms with Crippen molar-refractivity contribution < 1.29 is 19.0 Å². The molecule has 0 saturated carbocycles. The van der Waals surface area contributed by atoms with Crippen molar-refractivity contribution in [3.63, 3.8) is 0 Å². The minimum atomic E-state index is -0.0348. The van der Waals surface area contributed by atoms with E-state index in [1.54, 1.807) is 11.0 Å². The van der Waals surface area contributed by atoms with Gasteiger partial charge in [0, 0.05) is 19.2 Å². The summed E-state index contributed by atoms with van der Waals surface area (Å²) in [4.78, 5) is 1.72. The standard InChI is InChI=1S/C11H12BrNO4S/c12-7-6-16-11-8(18)5-9(17-10(7)11)13(1-3-14)2-4-15/h5-6,14-15H,1-4H2. The molecule has 0 aliphatic carbocycles. The lowest BCUT2D eigenvalue weighted by atomic mass is 10.4. The number of anilines is 1. The molecule has 2 rings (SSSR count). The molecular formula is C11H12BrNO4S. The molecule has 18 heavy (non-hydrogen) atoms. The Labute approximate surface area is 117 Å². The fourth-order valence-electron chi connectivity index (χ4n) is 1.63. The summed E-state index contributed by atoms with van der Waals surface area (Å²) in [6.07, 6.45) is 1.51. The Hall–Kier alpha value is -0.890. The molecule has 0 aromatic carbocycles. The largest absolute Gasteiger partial charge is 0.458 e. The zero-order chi connectivity index (χ0) is 13.1. The molecule has 0 amide bonds. The summed E-state index contributed by atoms with van der Waals surface area (Å²) in [7, 11) is 0. The third-order valence-electron chi connectivity index (χ3n) is 2.44. The maximum absolute atomic E-state index is 9.00. The first-order valence-corrected chi connectivity index (χ1v) is 6.55. The van der Waals surface area contributed by atoms with Gasteiger partial charge in [0.05, 0.1) is 22.2 Å². The van der Waals surface area contributed by atoms with Gasteiger partial charge in [-0.05, 0) is 15.9 Å². The van der Waals surface area contributed by atoms with Crippen LogP contribution in [0.4, 0.5) is 5.88 Å². The number of furan rings is 1. The number of aliphatic hydroxyl groups is 2. The Morgan fingerprint density at radius 3 is 2.50 bits per heavy atom. The van der Waals surface area contributed by atoms with E-state index in [4.69, 9.17) is 31.3 Å².